The number of hydrogen-bond acceptors (Lipinski definition) is 3. The first-order valence-electron chi connectivity index (χ1n) is 5.35. The summed E-state index contributed by atoms with van der Waals surface area (Å²) in [5, 5.41) is 13.6. The van der Waals surface area contributed by atoms with E-state index in [9.17, 15) is 13.6 Å². The van der Waals surface area contributed by atoms with Crippen molar-refractivity contribution in [2.75, 3.05) is 11.9 Å². The fourth-order valence-corrected chi connectivity index (χ4v) is 1.43. The average Bonchev–Trinajstić information content (AvgIpc) is 2.32. The molecule has 0 radical (unpaired) electrons. The van der Waals surface area contributed by atoms with Crippen molar-refractivity contribution >= 4 is 23.3 Å². The number of carbonyl (C=O) groups is 1. The highest BCUT2D eigenvalue weighted by molar-refractivity contribution is 6.32. The molecule has 1 aromatic carbocycles. The van der Waals surface area contributed by atoms with E-state index in [2.05, 4.69) is 15.4 Å². The summed E-state index contributed by atoms with van der Waals surface area (Å²) in [4.78, 5) is 11.4. The van der Waals surface area contributed by atoms with Gasteiger partial charge in [0.1, 0.15) is 5.75 Å². The molecule has 1 unspecified atom stereocenters. The Hall–Kier alpha value is -1.60. The Kier molecular flexibility index (Phi) is 5.78. The summed E-state index contributed by atoms with van der Waals surface area (Å²) in [6.45, 7) is -1.55. The van der Waals surface area contributed by atoms with Crippen molar-refractivity contribution in [3.63, 3.8) is 0 Å². The van der Waals surface area contributed by atoms with Crippen molar-refractivity contribution in [3.8, 4) is 5.75 Å². The van der Waals surface area contributed by atoms with Gasteiger partial charge in [0.05, 0.1) is 17.7 Å². The highest BCUT2D eigenvalue weighted by atomic mass is 35.5. The number of aliphatic hydroxyl groups is 1. The van der Waals surface area contributed by atoms with Crippen LogP contribution in [0.4, 0.5) is 19.3 Å². The Morgan fingerprint density at radius 1 is 1.53 bits per heavy atom. The maximum absolute atomic E-state index is 12.0. The molecule has 0 aliphatic rings. The number of rotatable bonds is 5. The zero-order valence-electron chi connectivity index (χ0n) is 9.99. The van der Waals surface area contributed by atoms with Crippen LogP contribution in [0.3, 0.4) is 0 Å². The molecule has 0 spiro atoms. The molecular formula is C11H13ClF2N2O3. The van der Waals surface area contributed by atoms with Crippen LogP contribution in [0.2, 0.25) is 5.02 Å². The van der Waals surface area contributed by atoms with E-state index in [0.717, 1.165) is 0 Å². The SMILES string of the molecule is CC(CO)NC(=O)Nc1ccc(OC(F)F)c(Cl)c1. The number of urea groups is 1. The summed E-state index contributed by atoms with van der Waals surface area (Å²) < 4.78 is 28.2. The van der Waals surface area contributed by atoms with Crippen LogP contribution in [-0.2, 0) is 0 Å². The van der Waals surface area contributed by atoms with Crippen molar-refractivity contribution in [2.45, 2.75) is 19.6 Å². The fourth-order valence-electron chi connectivity index (χ4n) is 1.21. The minimum absolute atomic E-state index is 0.0479. The number of anilines is 1. The number of amides is 2. The number of halogens is 3. The molecule has 1 atom stereocenters. The number of benzene rings is 1. The lowest BCUT2D eigenvalue weighted by Gasteiger charge is -2.13. The van der Waals surface area contributed by atoms with E-state index in [1.807, 2.05) is 0 Å². The lowest BCUT2D eigenvalue weighted by molar-refractivity contribution is -0.0497. The van der Waals surface area contributed by atoms with Crippen molar-refractivity contribution in [2.24, 2.45) is 0 Å². The molecule has 1 aromatic rings. The van der Waals surface area contributed by atoms with Crippen molar-refractivity contribution in [1.82, 2.24) is 5.32 Å². The maximum atomic E-state index is 12.0. The summed E-state index contributed by atoms with van der Waals surface area (Å²) in [6.07, 6.45) is 0. The molecule has 2 amide bonds. The van der Waals surface area contributed by atoms with Crippen LogP contribution in [-0.4, -0.2) is 30.4 Å². The Labute approximate surface area is 113 Å². The van der Waals surface area contributed by atoms with Gasteiger partial charge in [0.25, 0.3) is 0 Å². The van der Waals surface area contributed by atoms with Crippen LogP contribution < -0.4 is 15.4 Å². The highest BCUT2D eigenvalue weighted by Crippen LogP contribution is 2.28. The van der Waals surface area contributed by atoms with Crippen LogP contribution in [0.5, 0.6) is 5.75 Å². The molecule has 0 fully saturated rings. The molecule has 3 N–H and O–H groups in total. The number of ether oxygens (including phenoxy) is 1. The van der Waals surface area contributed by atoms with E-state index in [4.69, 9.17) is 16.7 Å². The average molecular weight is 295 g/mol. The molecule has 0 saturated carbocycles. The van der Waals surface area contributed by atoms with Crippen LogP contribution >= 0.6 is 11.6 Å². The molecule has 0 bridgehead atoms. The smallest absolute Gasteiger partial charge is 0.387 e. The van der Waals surface area contributed by atoms with Gasteiger partial charge in [-0.25, -0.2) is 4.79 Å². The second kappa shape index (κ2) is 7.10. The van der Waals surface area contributed by atoms with E-state index in [1.54, 1.807) is 6.92 Å². The highest BCUT2D eigenvalue weighted by Gasteiger charge is 2.11. The summed E-state index contributed by atoms with van der Waals surface area (Å²) in [6, 6.07) is 2.92. The van der Waals surface area contributed by atoms with Crippen molar-refractivity contribution in [1.29, 1.82) is 0 Å². The van der Waals surface area contributed by atoms with Crippen molar-refractivity contribution < 1.29 is 23.4 Å². The first-order valence-corrected chi connectivity index (χ1v) is 5.73. The molecule has 0 aliphatic heterocycles. The molecule has 5 nitrogen and oxygen atoms in total. The third-order valence-electron chi connectivity index (χ3n) is 2.06. The Morgan fingerprint density at radius 2 is 2.21 bits per heavy atom. The summed E-state index contributed by atoms with van der Waals surface area (Å²) >= 11 is 5.72. The molecule has 0 heterocycles. The van der Waals surface area contributed by atoms with Gasteiger partial charge in [-0.05, 0) is 25.1 Å². The summed E-state index contributed by atoms with van der Waals surface area (Å²) in [7, 11) is 0. The molecule has 106 valence electrons. The second-order valence-corrected chi connectivity index (χ2v) is 4.11. The molecule has 0 aliphatic carbocycles. The van der Waals surface area contributed by atoms with Gasteiger partial charge in [-0.15, -0.1) is 0 Å². The summed E-state index contributed by atoms with van der Waals surface area (Å²) in [5.41, 5.74) is 0.314. The molecule has 1 rings (SSSR count). The van der Waals surface area contributed by atoms with Crippen LogP contribution in [0.15, 0.2) is 18.2 Å². The largest absolute Gasteiger partial charge is 0.433 e. The van der Waals surface area contributed by atoms with Gasteiger partial charge in [-0.2, -0.15) is 8.78 Å². The van der Waals surface area contributed by atoms with Gasteiger partial charge >= 0.3 is 12.6 Å². The molecular weight excluding hydrogens is 282 g/mol. The van der Waals surface area contributed by atoms with E-state index < -0.39 is 18.7 Å². The molecule has 0 saturated heterocycles. The minimum atomic E-state index is -2.97. The van der Waals surface area contributed by atoms with Crippen LogP contribution in [0.1, 0.15) is 6.92 Å². The number of carbonyl (C=O) groups excluding carboxylic acids is 1. The minimum Gasteiger partial charge on any atom is -0.433 e. The predicted molar refractivity (Wildman–Crippen MR) is 66.8 cm³/mol. The number of nitrogens with one attached hydrogen (secondary N) is 2. The van der Waals surface area contributed by atoms with Gasteiger partial charge in [-0.1, -0.05) is 11.6 Å². The van der Waals surface area contributed by atoms with Gasteiger partial charge < -0.3 is 20.5 Å². The third kappa shape index (κ3) is 5.27. The quantitative estimate of drug-likeness (QED) is 0.781. The monoisotopic (exact) mass is 294 g/mol. The number of aliphatic hydroxyl groups excluding tert-OH is 1. The van der Waals surface area contributed by atoms with Gasteiger partial charge in [0.2, 0.25) is 0 Å². The van der Waals surface area contributed by atoms with E-state index in [0.29, 0.717) is 5.69 Å². The van der Waals surface area contributed by atoms with Crippen LogP contribution in [0.25, 0.3) is 0 Å². The first kappa shape index (κ1) is 15.5. The lowest BCUT2D eigenvalue weighted by atomic mass is 10.3. The zero-order valence-corrected chi connectivity index (χ0v) is 10.7. The topological polar surface area (TPSA) is 70.6 Å². The van der Waals surface area contributed by atoms with E-state index >= 15 is 0 Å². The standard InChI is InChI=1S/C11H13ClF2N2O3/c1-6(5-17)15-11(18)16-7-2-3-9(8(12)4-7)19-10(13)14/h2-4,6,10,17H,5H2,1H3,(H2,15,16,18). The van der Waals surface area contributed by atoms with Crippen LogP contribution in [0, 0.1) is 0 Å². The zero-order chi connectivity index (χ0) is 14.4. The normalized spacial score (nSPS) is 12.1. The van der Waals surface area contributed by atoms with Crippen molar-refractivity contribution in [3.05, 3.63) is 23.2 Å². The first-order chi connectivity index (χ1) is 8.92. The predicted octanol–water partition coefficient (Wildman–Crippen LogP) is 2.44. The van der Waals surface area contributed by atoms with E-state index in [-0.39, 0.29) is 17.4 Å². The van der Waals surface area contributed by atoms with Gasteiger partial charge in [0, 0.05) is 5.69 Å². The maximum Gasteiger partial charge on any atom is 0.387 e. The number of hydrogen-bond donors (Lipinski definition) is 3. The Morgan fingerprint density at radius 3 is 2.74 bits per heavy atom. The van der Waals surface area contributed by atoms with Gasteiger partial charge in [0.15, 0.2) is 0 Å². The lowest BCUT2D eigenvalue weighted by Crippen LogP contribution is -2.38. The Bertz CT molecular complexity index is 446. The molecule has 19 heavy (non-hydrogen) atoms. The third-order valence-corrected chi connectivity index (χ3v) is 2.35. The second-order valence-electron chi connectivity index (χ2n) is 3.71. The molecule has 0 aromatic heterocycles. The summed E-state index contributed by atoms with van der Waals surface area (Å²) in [5.74, 6) is -0.175. The molecule has 8 heteroatoms. The fraction of sp³-hybridized carbons (Fsp3) is 0.364. The number of alkyl halides is 2. The Balaban J connectivity index is 2.65. The van der Waals surface area contributed by atoms with E-state index in [1.165, 1.54) is 18.2 Å². The van der Waals surface area contributed by atoms with Gasteiger partial charge in [-0.3, -0.25) is 0 Å².